The Balaban J connectivity index is 1.60. The van der Waals surface area contributed by atoms with Crippen molar-refractivity contribution >= 4 is 29.4 Å². The van der Waals surface area contributed by atoms with Gasteiger partial charge in [0.1, 0.15) is 11.9 Å². The Bertz CT molecular complexity index is 1100. The van der Waals surface area contributed by atoms with E-state index in [4.69, 9.17) is 21.6 Å². The number of aliphatic imine (C=N–C) groups is 2. The fraction of sp³-hybridized carbons (Fsp3) is 0.318. The topological polar surface area (TPSA) is 54.0 Å². The first-order valence-corrected chi connectivity index (χ1v) is 10.4. The quantitative estimate of drug-likeness (QED) is 0.646. The van der Waals surface area contributed by atoms with Gasteiger partial charge in [-0.3, -0.25) is 4.40 Å². The average molecular weight is 410 g/mol. The van der Waals surface area contributed by atoms with E-state index in [1.165, 1.54) is 25.0 Å². The third-order valence-electron chi connectivity index (χ3n) is 5.58. The number of halogens is 2. The first-order valence-electron chi connectivity index (χ1n) is 9.98. The van der Waals surface area contributed by atoms with Gasteiger partial charge >= 0.3 is 0 Å². The van der Waals surface area contributed by atoms with Gasteiger partial charge in [0.05, 0.1) is 16.4 Å². The van der Waals surface area contributed by atoms with Crippen LogP contribution in [0.25, 0.3) is 16.9 Å². The van der Waals surface area contributed by atoms with Crippen LogP contribution in [0.2, 0.25) is 5.02 Å². The van der Waals surface area contributed by atoms with Crippen molar-refractivity contribution in [3.05, 3.63) is 59.1 Å². The van der Waals surface area contributed by atoms with Crippen LogP contribution in [-0.4, -0.2) is 27.6 Å². The number of aromatic nitrogens is 2. The summed E-state index contributed by atoms with van der Waals surface area (Å²) in [5.41, 5.74) is 3.21. The second-order valence-electron chi connectivity index (χ2n) is 7.54. The van der Waals surface area contributed by atoms with Crippen LogP contribution in [0.1, 0.15) is 43.8 Å². The highest BCUT2D eigenvalue weighted by atomic mass is 35.5. The monoisotopic (exact) mass is 409 g/mol. The van der Waals surface area contributed by atoms with Crippen LogP contribution in [-0.2, 0) is 0 Å². The van der Waals surface area contributed by atoms with Crippen LogP contribution < -0.4 is 5.32 Å². The summed E-state index contributed by atoms with van der Waals surface area (Å²) >= 11 is 6.42. The van der Waals surface area contributed by atoms with Crippen molar-refractivity contribution in [2.24, 2.45) is 9.98 Å². The summed E-state index contributed by atoms with van der Waals surface area (Å²) in [6, 6.07) is 10.4. The van der Waals surface area contributed by atoms with Crippen molar-refractivity contribution in [3.63, 3.8) is 0 Å². The van der Waals surface area contributed by atoms with Gasteiger partial charge in [-0.1, -0.05) is 24.4 Å². The Kier molecular flexibility index (Phi) is 4.79. The SMILES string of the molecule is Fc1ccc(-c2nc3c(Cl)cccn3c2C2CC=NC(NC3CCCC3)=N2)cc1. The molecule has 1 aromatic carbocycles. The predicted molar refractivity (Wildman–Crippen MR) is 114 cm³/mol. The second kappa shape index (κ2) is 7.59. The largest absolute Gasteiger partial charge is 0.352 e. The molecule has 1 saturated carbocycles. The maximum Gasteiger partial charge on any atom is 0.218 e. The lowest BCUT2D eigenvalue weighted by atomic mass is 10.0. The lowest BCUT2D eigenvalue weighted by molar-refractivity contribution is 0.614. The Hall–Kier alpha value is -2.73. The number of hydrogen-bond donors (Lipinski definition) is 1. The molecule has 2 aliphatic rings. The van der Waals surface area contributed by atoms with Gasteiger partial charge in [-0.05, 0) is 49.2 Å². The fourth-order valence-corrected chi connectivity index (χ4v) is 4.37. The van der Waals surface area contributed by atoms with E-state index in [1.807, 2.05) is 28.9 Å². The number of imidazole rings is 1. The molecule has 7 heteroatoms. The molecule has 1 aliphatic heterocycles. The van der Waals surface area contributed by atoms with Crippen LogP contribution in [0, 0.1) is 5.82 Å². The molecule has 1 unspecified atom stereocenters. The molecule has 0 amide bonds. The van der Waals surface area contributed by atoms with E-state index in [0.29, 0.717) is 29.1 Å². The molecule has 3 heterocycles. The normalized spacial score (nSPS) is 19.7. The van der Waals surface area contributed by atoms with Gasteiger partial charge in [-0.2, -0.15) is 0 Å². The molecule has 1 N–H and O–H groups in total. The highest BCUT2D eigenvalue weighted by molar-refractivity contribution is 6.33. The molecule has 1 atom stereocenters. The summed E-state index contributed by atoms with van der Waals surface area (Å²) in [6.07, 6.45) is 9.34. The Labute approximate surface area is 173 Å². The predicted octanol–water partition coefficient (Wildman–Crippen LogP) is 5.20. The van der Waals surface area contributed by atoms with E-state index in [0.717, 1.165) is 29.8 Å². The number of nitrogens with one attached hydrogen (secondary N) is 1. The molecule has 0 spiro atoms. The van der Waals surface area contributed by atoms with Crippen molar-refractivity contribution in [1.29, 1.82) is 0 Å². The smallest absolute Gasteiger partial charge is 0.218 e. The number of rotatable bonds is 3. The Morgan fingerprint density at radius 3 is 2.69 bits per heavy atom. The lowest BCUT2D eigenvalue weighted by Gasteiger charge is -2.20. The lowest BCUT2D eigenvalue weighted by Crippen LogP contribution is -2.33. The van der Waals surface area contributed by atoms with Crippen LogP contribution >= 0.6 is 11.6 Å². The van der Waals surface area contributed by atoms with E-state index in [9.17, 15) is 4.39 Å². The summed E-state index contributed by atoms with van der Waals surface area (Å²) in [5, 5.41) is 4.05. The minimum atomic E-state index is -0.275. The van der Waals surface area contributed by atoms with E-state index in [2.05, 4.69) is 10.3 Å². The number of benzene rings is 1. The van der Waals surface area contributed by atoms with Crippen LogP contribution in [0.15, 0.2) is 52.6 Å². The maximum absolute atomic E-state index is 13.5. The minimum Gasteiger partial charge on any atom is -0.352 e. The van der Waals surface area contributed by atoms with Crippen molar-refractivity contribution in [2.45, 2.75) is 44.2 Å². The van der Waals surface area contributed by atoms with Crippen molar-refractivity contribution in [3.8, 4) is 11.3 Å². The standard InChI is InChI=1S/C22H21ClFN5/c23-17-6-3-13-29-20(19(28-21(17)29)14-7-9-15(24)10-8-14)18-11-12-25-22(27-18)26-16-4-1-2-5-16/h3,6-10,12-13,16,18H,1-2,4-5,11H2,(H,26,27). The number of fused-ring (bicyclic) bond motifs is 1. The Morgan fingerprint density at radius 1 is 1.10 bits per heavy atom. The highest BCUT2D eigenvalue weighted by Crippen LogP contribution is 2.35. The highest BCUT2D eigenvalue weighted by Gasteiger charge is 2.26. The van der Waals surface area contributed by atoms with Gasteiger partial charge in [0.15, 0.2) is 5.65 Å². The molecule has 3 aromatic rings. The summed E-state index contributed by atoms with van der Waals surface area (Å²) in [6.45, 7) is 0. The molecule has 29 heavy (non-hydrogen) atoms. The number of pyridine rings is 1. The molecule has 0 saturated heterocycles. The van der Waals surface area contributed by atoms with Crippen molar-refractivity contribution in [2.75, 3.05) is 0 Å². The molecule has 2 aromatic heterocycles. The van der Waals surface area contributed by atoms with Crippen molar-refractivity contribution < 1.29 is 4.39 Å². The zero-order valence-electron chi connectivity index (χ0n) is 15.9. The Morgan fingerprint density at radius 2 is 1.90 bits per heavy atom. The second-order valence-corrected chi connectivity index (χ2v) is 7.95. The molecule has 0 bridgehead atoms. The fourth-order valence-electron chi connectivity index (χ4n) is 4.16. The first kappa shape index (κ1) is 18.3. The van der Waals surface area contributed by atoms with Gasteiger partial charge < -0.3 is 5.32 Å². The van der Waals surface area contributed by atoms with Crippen LogP contribution in [0.5, 0.6) is 0 Å². The molecule has 1 aliphatic carbocycles. The minimum absolute atomic E-state index is 0.148. The molecule has 0 radical (unpaired) electrons. The molecule has 5 rings (SSSR count). The van der Waals surface area contributed by atoms with Gasteiger partial charge in [-0.15, -0.1) is 0 Å². The van der Waals surface area contributed by atoms with Crippen molar-refractivity contribution in [1.82, 2.24) is 14.7 Å². The summed E-state index contributed by atoms with van der Waals surface area (Å²) in [4.78, 5) is 14.2. The number of nitrogens with zero attached hydrogens (tertiary/aromatic N) is 4. The third-order valence-corrected chi connectivity index (χ3v) is 5.88. The zero-order valence-corrected chi connectivity index (χ0v) is 16.6. The van der Waals surface area contributed by atoms with E-state index in [1.54, 1.807) is 12.1 Å². The summed E-state index contributed by atoms with van der Waals surface area (Å²) in [5.74, 6) is 0.401. The molecular formula is C22H21ClFN5. The number of hydrogen-bond acceptors (Lipinski definition) is 4. The van der Waals surface area contributed by atoms with Gasteiger partial charge in [-0.25, -0.2) is 19.4 Å². The number of guanidine groups is 1. The van der Waals surface area contributed by atoms with Crippen LogP contribution in [0.3, 0.4) is 0 Å². The zero-order chi connectivity index (χ0) is 19.8. The first-order chi connectivity index (χ1) is 14.2. The maximum atomic E-state index is 13.5. The van der Waals surface area contributed by atoms with Gasteiger partial charge in [0, 0.05) is 30.4 Å². The third kappa shape index (κ3) is 3.53. The molecule has 1 fully saturated rings. The summed E-state index contributed by atoms with van der Waals surface area (Å²) in [7, 11) is 0. The molecule has 5 nitrogen and oxygen atoms in total. The molecule has 148 valence electrons. The van der Waals surface area contributed by atoms with Crippen LogP contribution in [0.4, 0.5) is 4.39 Å². The van der Waals surface area contributed by atoms with E-state index >= 15 is 0 Å². The van der Waals surface area contributed by atoms with E-state index in [-0.39, 0.29) is 11.9 Å². The average Bonchev–Trinajstić information content (AvgIpc) is 3.37. The van der Waals surface area contributed by atoms with Gasteiger partial charge in [0.25, 0.3) is 0 Å². The molecular weight excluding hydrogens is 389 g/mol. The summed E-state index contributed by atoms with van der Waals surface area (Å²) < 4.78 is 15.5. The van der Waals surface area contributed by atoms with Gasteiger partial charge in [0.2, 0.25) is 5.96 Å². The van der Waals surface area contributed by atoms with E-state index < -0.39 is 0 Å².